The van der Waals surface area contributed by atoms with E-state index in [-0.39, 0.29) is 5.91 Å². The zero-order valence-electron chi connectivity index (χ0n) is 12.0. The molecule has 0 radical (unpaired) electrons. The molecule has 5 nitrogen and oxygen atoms in total. The first-order chi connectivity index (χ1) is 10.6. The molecule has 0 aliphatic carbocycles. The van der Waals surface area contributed by atoms with Crippen molar-refractivity contribution in [2.45, 2.75) is 0 Å². The van der Waals surface area contributed by atoms with Gasteiger partial charge in [0.25, 0.3) is 0 Å². The molecular formula is C17H15N3O2. The summed E-state index contributed by atoms with van der Waals surface area (Å²) >= 11 is 0. The molecule has 0 heterocycles. The Kier molecular flexibility index (Phi) is 4.78. The topological polar surface area (TPSA) is 88.1 Å². The van der Waals surface area contributed by atoms with Crippen LogP contribution in [0, 0.1) is 11.3 Å². The van der Waals surface area contributed by atoms with Crippen LogP contribution in [-0.2, 0) is 4.79 Å². The highest BCUT2D eigenvalue weighted by atomic mass is 16.5. The van der Waals surface area contributed by atoms with Crippen molar-refractivity contribution in [1.29, 1.82) is 5.26 Å². The van der Waals surface area contributed by atoms with Gasteiger partial charge in [-0.1, -0.05) is 18.2 Å². The van der Waals surface area contributed by atoms with Crippen LogP contribution in [-0.4, -0.2) is 13.0 Å². The summed E-state index contributed by atoms with van der Waals surface area (Å²) < 4.78 is 5.07. The number of methoxy groups -OCH3 is 1. The lowest BCUT2D eigenvalue weighted by atomic mass is 10.1. The molecule has 0 saturated carbocycles. The van der Waals surface area contributed by atoms with Gasteiger partial charge in [-0.05, 0) is 35.9 Å². The number of nitrogens with one attached hydrogen (secondary N) is 1. The SMILES string of the molecule is COc1ccc(/C=C/C(=O)Nc2ccccc2C#N)cc1N. The third-order valence-corrected chi connectivity index (χ3v) is 2.99. The van der Waals surface area contributed by atoms with Crippen molar-refractivity contribution in [2.75, 3.05) is 18.2 Å². The average Bonchev–Trinajstić information content (AvgIpc) is 2.53. The first-order valence-electron chi connectivity index (χ1n) is 6.55. The van der Waals surface area contributed by atoms with Gasteiger partial charge in [0.2, 0.25) is 5.91 Å². The predicted molar refractivity (Wildman–Crippen MR) is 86.2 cm³/mol. The van der Waals surface area contributed by atoms with Crippen molar-refractivity contribution in [3.05, 3.63) is 59.7 Å². The molecule has 5 heteroatoms. The molecule has 2 rings (SSSR count). The molecule has 2 aromatic rings. The van der Waals surface area contributed by atoms with Crippen LogP contribution in [0.15, 0.2) is 48.5 Å². The van der Waals surface area contributed by atoms with Gasteiger partial charge in [-0.2, -0.15) is 5.26 Å². The fourth-order valence-electron chi connectivity index (χ4n) is 1.89. The van der Waals surface area contributed by atoms with Crippen LogP contribution in [0.5, 0.6) is 5.75 Å². The fraction of sp³-hybridized carbons (Fsp3) is 0.0588. The molecule has 0 unspecified atom stereocenters. The number of amides is 1. The smallest absolute Gasteiger partial charge is 0.248 e. The van der Waals surface area contributed by atoms with Gasteiger partial charge >= 0.3 is 0 Å². The van der Waals surface area contributed by atoms with Gasteiger partial charge in [-0.25, -0.2) is 0 Å². The average molecular weight is 293 g/mol. The van der Waals surface area contributed by atoms with Crippen LogP contribution in [0.2, 0.25) is 0 Å². The molecule has 22 heavy (non-hydrogen) atoms. The second kappa shape index (κ2) is 6.95. The summed E-state index contributed by atoms with van der Waals surface area (Å²) in [5, 5.41) is 11.6. The summed E-state index contributed by atoms with van der Waals surface area (Å²) in [6, 6.07) is 14.1. The van der Waals surface area contributed by atoms with E-state index >= 15 is 0 Å². The maximum absolute atomic E-state index is 11.9. The molecule has 0 fully saturated rings. The molecule has 0 bridgehead atoms. The van der Waals surface area contributed by atoms with Crippen molar-refractivity contribution < 1.29 is 9.53 Å². The van der Waals surface area contributed by atoms with E-state index in [0.717, 1.165) is 5.56 Å². The quantitative estimate of drug-likeness (QED) is 0.670. The van der Waals surface area contributed by atoms with Crippen molar-refractivity contribution in [2.24, 2.45) is 0 Å². The number of nitriles is 1. The number of carbonyl (C=O) groups excluding carboxylic acids is 1. The van der Waals surface area contributed by atoms with E-state index in [1.54, 1.807) is 55.7 Å². The number of nitrogens with two attached hydrogens (primary N) is 1. The summed E-state index contributed by atoms with van der Waals surface area (Å²) in [5.74, 6) is 0.265. The van der Waals surface area contributed by atoms with Crippen LogP contribution in [0.4, 0.5) is 11.4 Å². The molecule has 0 atom stereocenters. The zero-order valence-corrected chi connectivity index (χ0v) is 12.0. The van der Waals surface area contributed by atoms with Crippen LogP contribution in [0.3, 0.4) is 0 Å². The van der Waals surface area contributed by atoms with Crippen molar-refractivity contribution in [1.82, 2.24) is 0 Å². The Morgan fingerprint density at radius 2 is 2.09 bits per heavy atom. The second-order valence-electron chi connectivity index (χ2n) is 4.48. The first kappa shape index (κ1) is 15.1. The lowest BCUT2D eigenvalue weighted by Gasteiger charge is -2.05. The first-order valence-corrected chi connectivity index (χ1v) is 6.55. The Bertz CT molecular complexity index is 761. The second-order valence-corrected chi connectivity index (χ2v) is 4.48. The molecule has 0 aromatic heterocycles. The number of hydrogen-bond donors (Lipinski definition) is 2. The van der Waals surface area contributed by atoms with Crippen LogP contribution < -0.4 is 15.8 Å². The Balaban J connectivity index is 2.09. The molecule has 0 spiro atoms. The largest absolute Gasteiger partial charge is 0.495 e. The molecule has 1 amide bonds. The van der Waals surface area contributed by atoms with Crippen LogP contribution in [0.1, 0.15) is 11.1 Å². The zero-order chi connectivity index (χ0) is 15.9. The number of rotatable bonds is 4. The van der Waals surface area contributed by atoms with Crippen molar-refractivity contribution >= 4 is 23.4 Å². The number of anilines is 2. The third kappa shape index (κ3) is 3.64. The van der Waals surface area contributed by atoms with Crippen LogP contribution in [0.25, 0.3) is 6.08 Å². The minimum atomic E-state index is -0.322. The van der Waals surface area contributed by atoms with E-state index in [4.69, 9.17) is 15.7 Å². The number of nitrogen functional groups attached to an aromatic ring is 1. The number of hydrogen-bond acceptors (Lipinski definition) is 4. The fourth-order valence-corrected chi connectivity index (χ4v) is 1.89. The van der Waals surface area contributed by atoms with E-state index in [9.17, 15) is 4.79 Å². The van der Waals surface area contributed by atoms with Gasteiger partial charge in [-0.15, -0.1) is 0 Å². The van der Waals surface area contributed by atoms with E-state index in [0.29, 0.717) is 22.7 Å². The maximum atomic E-state index is 11.9. The molecule has 0 saturated heterocycles. The van der Waals surface area contributed by atoms with Gasteiger partial charge in [0, 0.05) is 6.08 Å². The predicted octanol–water partition coefficient (Wildman–Crippen LogP) is 2.80. The van der Waals surface area contributed by atoms with E-state index in [1.807, 2.05) is 6.07 Å². The van der Waals surface area contributed by atoms with Crippen molar-refractivity contribution in [3.63, 3.8) is 0 Å². The summed E-state index contributed by atoms with van der Waals surface area (Å²) in [7, 11) is 1.54. The Morgan fingerprint density at radius 3 is 2.77 bits per heavy atom. The highest BCUT2D eigenvalue weighted by Crippen LogP contribution is 2.22. The monoisotopic (exact) mass is 293 g/mol. The van der Waals surface area contributed by atoms with E-state index in [2.05, 4.69) is 5.32 Å². The van der Waals surface area contributed by atoms with E-state index in [1.165, 1.54) is 6.08 Å². The van der Waals surface area contributed by atoms with Crippen molar-refractivity contribution in [3.8, 4) is 11.8 Å². The normalized spacial score (nSPS) is 10.2. The van der Waals surface area contributed by atoms with Gasteiger partial charge in [0.1, 0.15) is 11.8 Å². The highest BCUT2D eigenvalue weighted by molar-refractivity contribution is 6.02. The van der Waals surface area contributed by atoms with Gasteiger partial charge in [0.05, 0.1) is 24.0 Å². The summed E-state index contributed by atoms with van der Waals surface area (Å²) in [6.07, 6.45) is 3.02. The van der Waals surface area contributed by atoms with Crippen LogP contribution >= 0.6 is 0 Å². The summed E-state index contributed by atoms with van der Waals surface area (Å²) in [5.41, 5.74) is 7.98. The molecule has 0 aliphatic rings. The summed E-state index contributed by atoms with van der Waals surface area (Å²) in [4.78, 5) is 11.9. The summed E-state index contributed by atoms with van der Waals surface area (Å²) in [6.45, 7) is 0. The Labute approximate surface area is 128 Å². The number of para-hydroxylation sites is 1. The van der Waals surface area contributed by atoms with Gasteiger partial charge < -0.3 is 15.8 Å². The Hall–Kier alpha value is -3.26. The molecular weight excluding hydrogens is 278 g/mol. The Morgan fingerprint density at radius 1 is 1.32 bits per heavy atom. The molecule has 0 aliphatic heterocycles. The number of carbonyl (C=O) groups is 1. The third-order valence-electron chi connectivity index (χ3n) is 2.99. The number of benzene rings is 2. The number of ether oxygens (including phenoxy) is 1. The lowest BCUT2D eigenvalue weighted by Crippen LogP contribution is -2.08. The minimum absolute atomic E-state index is 0.322. The van der Waals surface area contributed by atoms with E-state index < -0.39 is 0 Å². The molecule has 110 valence electrons. The minimum Gasteiger partial charge on any atom is -0.495 e. The van der Waals surface area contributed by atoms with Gasteiger partial charge in [-0.3, -0.25) is 4.79 Å². The van der Waals surface area contributed by atoms with Gasteiger partial charge in [0.15, 0.2) is 0 Å². The highest BCUT2D eigenvalue weighted by Gasteiger charge is 2.03. The number of nitrogens with zero attached hydrogens (tertiary/aromatic N) is 1. The maximum Gasteiger partial charge on any atom is 0.248 e. The molecule has 2 aromatic carbocycles. The standard InChI is InChI=1S/C17H15N3O2/c1-22-16-8-6-12(10-14(16)19)7-9-17(21)20-15-5-3-2-4-13(15)11-18/h2-10H,19H2,1H3,(H,20,21)/b9-7+. The lowest BCUT2D eigenvalue weighted by molar-refractivity contribution is -0.111. The molecule has 3 N–H and O–H groups in total.